The third kappa shape index (κ3) is 38.9. The zero-order valence-electron chi connectivity index (χ0n) is 68.0. The smallest absolute Gasteiger partial charge is 0.870 e. The van der Waals surface area contributed by atoms with Crippen molar-refractivity contribution in [3.8, 4) is 176 Å². The van der Waals surface area contributed by atoms with Crippen LogP contribution in [-0.2, 0) is 175 Å². The van der Waals surface area contributed by atoms with E-state index < -0.39 is 52.6 Å². The molecule has 12 rings (SSSR count). The number of esters is 2. The fourth-order valence-corrected chi connectivity index (χ4v) is 45.2. The van der Waals surface area contributed by atoms with Gasteiger partial charge in [0.05, 0.1) is 58.9 Å². The van der Waals surface area contributed by atoms with E-state index in [0.717, 1.165) is 23.8 Å². The van der Waals surface area contributed by atoms with E-state index in [1.54, 1.807) is 184 Å². The number of carbonyl (C=O) groups excluding carboxylic acids is 3. The fraction of sp³-hybridized carbons (Fsp3) is 0.231. The number of aromatic nitrogens is 3. The van der Waals surface area contributed by atoms with E-state index in [4.69, 9.17) is 31.8 Å². The standard InChI is InChI=1S/C24H6.C22H20F3NO2.C20H16F3NO2.C14H8F3N.C8H12O3.C3H4.Li.H2O.S16/c1-3-5-7-9-11-13-15-17-19-21-23-24-22-20-18-16-14-12-10-8-6-4-2;1-2-28-22(27)14-4-3-13(9-14)19-17-10-16(24)11-18(25)21(17)26-20(19)12-5-7-15(23)8-6-12;21-13-5-3-10(4-6-13)18-17(11-1-2-12(7-11)20(25)26)15-8-14(22)9-16(23)19(15)24-18;15-10-3-1-8(2-4-10)13-6-9-5-11(16)7-12(17)14(9)18-13;1-2-11-8(10)6-3-4-7(9)5-6;1-3-2;;;1-3-5-7-9-11-13-15-16-14-12-10-8-6-4-2/h1-2H3;5-8,10-11,13-14,26H,2-4,9H2,1H3;3-6,8-9,11-12,24H,1-2,7H2,(H,25,26);1-7,18H;6H,2-5H2,1H3;1H,2H3;;1H2;/q;;;;;;+1;;/p-1. The van der Waals surface area contributed by atoms with Crippen LogP contribution >= 0.6 is 0 Å². The molecule has 6 aromatic carbocycles. The molecule has 11 nitrogen and oxygen atoms in total. The number of aromatic amines is 3. The molecule has 5 N–H and O–H groups in total. The summed E-state index contributed by atoms with van der Waals surface area (Å²) in [6.45, 7) is 9.32. The molecule has 3 fully saturated rings. The Labute approximate surface area is 797 Å². The van der Waals surface area contributed by atoms with Crippen LogP contribution in [0.15, 0.2) is 115 Å². The Morgan fingerprint density at radius 3 is 1.07 bits per heavy atom. The number of terminal acetylenes is 1. The van der Waals surface area contributed by atoms with Gasteiger partial charge in [-0.3, -0.25) is 19.2 Å². The van der Waals surface area contributed by atoms with Gasteiger partial charge in [0.1, 0.15) is 58.1 Å². The Balaban J connectivity index is 0.000000325. The second-order valence-electron chi connectivity index (χ2n) is 25.0. The Bertz CT molecular complexity index is 6940. The molecule has 3 aliphatic carbocycles. The van der Waals surface area contributed by atoms with Crippen LogP contribution in [-0.4, -0.2) is 62.4 Å². The van der Waals surface area contributed by atoms with Gasteiger partial charge < -0.3 is 35.0 Å². The van der Waals surface area contributed by atoms with Crippen molar-refractivity contribution in [3.05, 3.63) is 179 Å². The molecule has 0 amide bonds. The minimum Gasteiger partial charge on any atom is -0.870 e. The molecule has 9 aromatic rings. The van der Waals surface area contributed by atoms with Crippen LogP contribution in [0.25, 0.3) is 66.5 Å². The number of ether oxygens (including phenoxy) is 2. The number of benzene rings is 6. The second kappa shape index (κ2) is 63.2. The number of hydrogen-bond donors (Lipinski definition) is 4. The van der Waals surface area contributed by atoms with Gasteiger partial charge in [-0.25, -0.2) is 39.5 Å². The van der Waals surface area contributed by atoms with Gasteiger partial charge in [-0.05, 0) is 311 Å². The average molecular weight is 2020 g/mol. The average Bonchev–Trinajstić information content (AvgIpc) is 1.60. The number of hydrogen-bond acceptors (Lipinski definition) is 9. The van der Waals surface area contributed by atoms with Gasteiger partial charge in [-0.1, -0.05) is 11.8 Å². The van der Waals surface area contributed by atoms with Crippen molar-refractivity contribution in [3.63, 3.8) is 0 Å². The summed E-state index contributed by atoms with van der Waals surface area (Å²) in [5.74, 6) is 50.6. The van der Waals surface area contributed by atoms with E-state index in [-0.39, 0.29) is 93.9 Å². The van der Waals surface area contributed by atoms with E-state index in [1.165, 1.54) is 72.4 Å². The van der Waals surface area contributed by atoms with Gasteiger partial charge in [-0.2, -0.15) is 0 Å². The fourth-order valence-electron chi connectivity index (χ4n) is 12.3. The zero-order valence-corrected chi connectivity index (χ0v) is 81.1. The first-order valence-corrected chi connectivity index (χ1v) is 56.7. The molecule has 0 bridgehead atoms. The SMILES string of the molecule is C#CC.CC#CC#CC#CC#CC#CC#CC#CC#CC#CC#CC#CC.CCOC(=O)C1CCC(=O)C1.CCOC(=O)C1CCC(c2c(-c3ccc(F)cc3)[nH]c3c(F)cc(F)cc23)C1.Fc1ccc(-c2cc3cc(F)cc(F)c3[nH]2)cc1.O=C(O)C1CCC(c2c(-c3ccc(F)cc3)[nH]c3c(F)cc(F)cc23)C1.S=S=S=S=S=S=S=S=S=S=S=S=S=S=S=S.[Li+].[OH-]. The largest absolute Gasteiger partial charge is 1.00 e. The molecule has 3 saturated carbocycles. The first-order chi connectivity index (χ1) is 61.0. The van der Waals surface area contributed by atoms with Crippen LogP contribution in [0.2, 0.25) is 0 Å². The van der Waals surface area contributed by atoms with Gasteiger partial charge in [0, 0.05) is 223 Å². The normalized spacial score (nSPS) is 13.6. The quantitative estimate of drug-likeness (QED) is 0.0445. The number of halogens is 9. The first kappa shape index (κ1) is 111. The number of carboxylic acid groups (broad SMARTS) is 1. The number of aliphatic carboxylic acids is 1. The van der Waals surface area contributed by atoms with Crippen molar-refractivity contribution in [2.75, 3.05) is 13.2 Å². The molecule has 5 atom stereocenters. The van der Waals surface area contributed by atoms with Crippen molar-refractivity contribution in [2.45, 2.75) is 104 Å². The van der Waals surface area contributed by atoms with E-state index in [1.807, 2.05) is 0 Å². The molecular weight excluding hydrogens is 1950 g/mol. The van der Waals surface area contributed by atoms with E-state index in [9.17, 15) is 63.8 Å². The molecule has 128 heavy (non-hydrogen) atoms. The predicted molar refractivity (Wildman–Crippen MR) is 525 cm³/mol. The predicted octanol–water partition coefficient (Wildman–Crippen LogP) is 14.6. The number of fused-ring (bicyclic) bond motifs is 3. The molecule has 3 heterocycles. The molecule has 5 unspecified atom stereocenters. The van der Waals surface area contributed by atoms with Crippen molar-refractivity contribution >= 4 is 203 Å². The number of H-pyrrole nitrogens is 3. The van der Waals surface area contributed by atoms with Crippen LogP contribution in [0.1, 0.15) is 115 Å². The molecule has 3 aliphatic rings. The monoisotopic (exact) mass is 2020 g/mol. The van der Waals surface area contributed by atoms with Gasteiger partial charge in [0.15, 0.2) is 0 Å². The first-order valence-electron chi connectivity index (χ1n) is 36.7. The minimum atomic E-state index is -0.854. The maximum atomic E-state index is 14.4. The number of carbonyl (C=O) groups is 4. The van der Waals surface area contributed by atoms with E-state index in [0.29, 0.717) is 126 Å². The summed E-state index contributed by atoms with van der Waals surface area (Å²) in [7, 11) is 23.5. The summed E-state index contributed by atoms with van der Waals surface area (Å²) in [4.78, 5) is 54.1. The molecular formula is C91H67F9LiN3O8S16. The number of ketones is 1. The van der Waals surface area contributed by atoms with Crippen LogP contribution in [0.5, 0.6) is 0 Å². The van der Waals surface area contributed by atoms with Crippen molar-refractivity contribution in [1.29, 1.82) is 0 Å². The van der Waals surface area contributed by atoms with Gasteiger partial charge in [0.25, 0.3) is 0 Å². The summed E-state index contributed by atoms with van der Waals surface area (Å²) >= 11 is 9.46. The Hall–Kier alpha value is -9.81. The third-order valence-electron chi connectivity index (χ3n) is 17.1. The van der Waals surface area contributed by atoms with Crippen LogP contribution in [0.4, 0.5) is 39.5 Å². The van der Waals surface area contributed by atoms with Gasteiger partial charge in [0.2, 0.25) is 0 Å². The third-order valence-corrected chi connectivity index (χ3v) is 46.0. The second-order valence-corrected chi connectivity index (χ2v) is 49.7. The molecule has 0 saturated heterocycles. The summed E-state index contributed by atoms with van der Waals surface area (Å²) in [6, 6.07) is 25.4. The molecule has 37 heteroatoms. The molecule has 3 aromatic heterocycles. The summed E-state index contributed by atoms with van der Waals surface area (Å²) in [5.41, 5.74) is 6.01. The topological polar surface area (TPSA) is 184 Å². The minimum absolute atomic E-state index is 0. The molecule has 0 radical (unpaired) electrons. The molecule has 654 valence electrons. The summed E-state index contributed by atoms with van der Waals surface area (Å²) in [6.07, 6.45) is 9.69. The van der Waals surface area contributed by atoms with E-state index >= 15 is 0 Å². The maximum Gasteiger partial charge on any atom is 1.00 e. The Kier molecular flexibility index (Phi) is 54.6. The van der Waals surface area contributed by atoms with Crippen molar-refractivity contribution in [1.82, 2.24) is 15.0 Å². The number of nitrogens with one attached hydrogen (secondary N) is 3. The van der Waals surface area contributed by atoms with Crippen LogP contribution in [0.3, 0.4) is 0 Å². The molecule has 0 spiro atoms. The van der Waals surface area contributed by atoms with Gasteiger partial charge in [-0.15, -0.1) is 12.3 Å². The summed E-state index contributed by atoms with van der Waals surface area (Å²) in [5, 5.41) is 10.6. The number of rotatable bonds is 10. The Morgan fingerprint density at radius 1 is 0.422 bits per heavy atom. The Morgan fingerprint density at radius 2 is 0.742 bits per heavy atom. The van der Waals surface area contributed by atoms with Crippen molar-refractivity contribution < 1.29 is 97.6 Å². The summed E-state index contributed by atoms with van der Waals surface area (Å²) < 4.78 is 132. The maximum absolute atomic E-state index is 14.4. The number of carboxylic acids is 1. The van der Waals surface area contributed by atoms with Crippen LogP contribution < -0.4 is 18.9 Å². The van der Waals surface area contributed by atoms with E-state index in [2.05, 4.69) is 158 Å². The van der Waals surface area contributed by atoms with Crippen molar-refractivity contribution in [2.24, 2.45) is 17.8 Å². The number of Topliss-reactive ketones (excluding diaryl/α,β-unsaturated/α-hetero) is 1. The molecule has 0 aliphatic heterocycles. The van der Waals surface area contributed by atoms with Gasteiger partial charge >= 0.3 is 36.8 Å². The zero-order chi connectivity index (χ0) is 91.4. The van der Waals surface area contributed by atoms with Crippen LogP contribution in [0, 0.1) is 213 Å².